The highest BCUT2D eigenvalue weighted by Gasteiger charge is 2.29. The van der Waals surface area contributed by atoms with E-state index >= 15 is 0 Å². The first-order valence-electron chi connectivity index (χ1n) is 8.07. The summed E-state index contributed by atoms with van der Waals surface area (Å²) in [6.07, 6.45) is 0.929. The van der Waals surface area contributed by atoms with E-state index in [-0.39, 0.29) is 42.5 Å². The van der Waals surface area contributed by atoms with Crippen molar-refractivity contribution >= 4 is 42.4 Å². The molecule has 1 unspecified atom stereocenters. The molecule has 2 fully saturated rings. The van der Waals surface area contributed by atoms with Gasteiger partial charge in [0.05, 0.1) is 12.5 Å². The first-order chi connectivity index (χ1) is 11.1. The third-order valence-electron chi connectivity index (χ3n) is 4.36. The molecule has 0 radical (unpaired) electrons. The smallest absolute Gasteiger partial charge is 0.239 e. The van der Waals surface area contributed by atoms with Gasteiger partial charge in [-0.2, -0.15) is 0 Å². The molecular weight excluding hydrogens is 369 g/mol. The lowest BCUT2D eigenvalue weighted by Gasteiger charge is -2.35. The van der Waals surface area contributed by atoms with Gasteiger partial charge in [-0.3, -0.25) is 14.5 Å². The molecule has 3 heterocycles. The van der Waals surface area contributed by atoms with Crippen molar-refractivity contribution < 1.29 is 14.1 Å². The van der Waals surface area contributed by atoms with Gasteiger partial charge in [-0.25, -0.2) is 0 Å². The lowest BCUT2D eigenvalue weighted by Crippen LogP contribution is -2.52. The van der Waals surface area contributed by atoms with E-state index in [1.807, 2.05) is 4.90 Å². The Kier molecular flexibility index (Phi) is 8.64. The Morgan fingerprint density at radius 1 is 1.32 bits per heavy atom. The fraction of sp³-hybridized carbons (Fsp3) is 0.667. The molecule has 8 nitrogen and oxygen atoms in total. The SMILES string of the molecule is Cc1cc(NC(=O)CN2CCN(C(=O)C3CCNC3)CC2)no1.Cl.Cl. The number of nitrogens with zero attached hydrogens (tertiary/aromatic N) is 3. The minimum absolute atomic E-state index is 0. The lowest BCUT2D eigenvalue weighted by molar-refractivity contribution is -0.136. The van der Waals surface area contributed by atoms with Gasteiger partial charge in [-0.15, -0.1) is 24.8 Å². The maximum Gasteiger partial charge on any atom is 0.239 e. The van der Waals surface area contributed by atoms with Crippen LogP contribution in [0.15, 0.2) is 10.6 Å². The Bertz CT molecular complexity index is 569. The van der Waals surface area contributed by atoms with Crippen molar-refractivity contribution in [3.63, 3.8) is 0 Å². The first-order valence-corrected chi connectivity index (χ1v) is 8.07. The Labute approximate surface area is 159 Å². The highest BCUT2D eigenvalue weighted by atomic mass is 35.5. The summed E-state index contributed by atoms with van der Waals surface area (Å²) in [6, 6.07) is 1.68. The molecular formula is C15H25Cl2N5O3. The van der Waals surface area contributed by atoms with E-state index in [4.69, 9.17) is 4.52 Å². The molecule has 25 heavy (non-hydrogen) atoms. The summed E-state index contributed by atoms with van der Waals surface area (Å²) in [4.78, 5) is 28.3. The average Bonchev–Trinajstić information content (AvgIpc) is 3.19. The quantitative estimate of drug-likeness (QED) is 0.774. The number of hydrogen-bond donors (Lipinski definition) is 2. The molecule has 0 bridgehead atoms. The summed E-state index contributed by atoms with van der Waals surface area (Å²) in [6.45, 7) is 6.61. The monoisotopic (exact) mass is 393 g/mol. The van der Waals surface area contributed by atoms with Gasteiger partial charge in [-0.1, -0.05) is 5.16 Å². The van der Waals surface area contributed by atoms with Crippen LogP contribution in [0.4, 0.5) is 5.82 Å². The Balaban J connectivity index is 0.00000156. The van der Waals surface area contributed by atoms with Crippen LogP contribution >= 0.6 is 24.8 Å². The van der Waals surface area contributed by atoms with Gasteiger partial charge < -0.3 is 20.1 Å². The molecule has 0 saturated carbocycles. The standard InChI is InChI=1S/C15H23N5O3.2ClH/c1-11-8-13(18-23-11)17-14(21)10-19-4-6-20(7-5-19)15(22)12-2-3-16-9-12;;/h8,12,16H,2-7,9-10H2,1H3,(H,17,18,21);2*1H. The first kappa shape index (κ1) is 21.7. The molecule has 10 heteroatoms. The normalized spacial score (nSPS) is 20.5. The minimum Gasteiger partial charge on any atom is -0.360 e. The molecule has 2 amide bonds. The van der Waals surface area contributed by atoms with Crippen LogP contribution in [0.25, 0.3) is 0 Å². The molecule has 1 aromatic heterocycles. The van der Waals surface area contributed by atoms with Crippen LogP contribution in [0, 0.1) is 12.8 Å². The number of nitrogens with one attached hydrogen (secondary N) is 2. The molecule has 1 aromatic rings. The maximum atomic E-state index is 12.3. The number of hydrogen-bond acceptors (Lipinski definition) is 6. The summed E-state index contributed by atoms with van der Waals surface area (Å²) >= 11 is 0. The number of carbonyl (C=O) groups is 2. The molecule has 0 aliphatic carbocycles. The number of carbonyl (C=O) groups excluding carboxylic acids is 2. The van der Waals surface area contributed by atoms with Gasteiger partial charge in [0, 0.05) is 38.8 Å². The summed E-state index contributed by atoms with van der Waals surface area (Å²) in [5.74, 6) is 1.36. The summed E-state index contributed by atoms with van der Waals surface area (Å²) in [5, 5.41) is 9.69. The highest BCUT2D eigenvalue weighted by Crippen LogP contribution is 2.14. The van der Waals surface area contributed by atoms with E-state index in [1.165, 1.54) is 0 Å². The number of halogens is 2. The van der Waals surface area contributed by atoms with E-state index < -0.39 is 0 Å². The molecule has 142 valence electrons. The summed E-state index contributed by atoms with van der Waals surface area (Å²) in [5.41, 5.74) is 0. The van der Waals surface area contributed by atoms with E-state index in [2.05, 4.69) is 20.7 Å². The van der Waals surface area contributed by atoms with E-state index in [0.29, 0.717) is 31.2 Å². The molecule has 0 spiro atoms. The Morgan fingerprint density at radius 2 is 2.04 bits per heavy atom. The average molecular weight is 394 g/mol. The number of rotatable bonds is 4. The molecule has 2 N–H and O–H groups in total. The Hall–Kier alpha value is -1.35. The predicted octanol–water partition coefficient (Wildman–Crippen LogP) is 0.519. The van der Waals surface area contributed by atoms with Crippen LogP contribution < -0.4 is 10.6 Å². The number of aromatic nitrogens is 1. The van der Waals surface area contributed by atoms with Gasteiger partial charge >= 0.3 is 0 Å². The molecule has 1 atom stereocenters. The van der Waals surface area contributed by atoms with Crippen molar-refractivity contribution in [3.05, 3.63) is 11.8 Å². The predicted molar refractivity (Wildman–Crippen MR) is 98.4 cm³/mol. The zero-order valence-corrected chi connectivity index (χ0v) is 15.8. The minimum atomic E-state index is -0.113. The van der Waals surface area contributed by atoms with Crippen molar-refractivity contribution in [1.29, 1.82) is 0 Å². The zero-order valence-electron chi connectivity index (χ0n) is 14.2. The van der Waals surface area contributed by atoms with Crippen LogP contribution in [-0.4, -0.2) is 72.6 Å². The van der Waals surface area contributed by atoms with Crippen LogP contribution in [0.5, 0.6) is 0 Å². The van der Waals surface area contributed by atoms with E-state index in [9.17, 15) is 9.59 Å². The molecule has 2 aliphatic heterocycles. The second kappa shape index (κ2) is 9.96. The van der Waals surface area contributed by atoms with E-state index in [1.54, 1.807) is 13.0 Å². The van der Waals surface area contributed by atoms with Gasteiger partial charge in [-0.05, 0) is 19.9 Å². The fourth-order valence-corrected chi connectivity index (χ4v) is 3.06. The fourth-order valence-electron chi connectivity index (χ4n) is 3.06. The second-order valence-electron chi connectivity index (χ2n) is 6.16. The second-order valence-corrected chi connectivity index (χ2v) is 6.16. The summed E-state index contributed by atoms with van der Waals surface area (Å²) < 4.78 is 4.92. The van der Waals surface area contributed by atoms with Gasteiger partial charge in [0.25, 0.3) is 0 Å². The van der Waals surface area contributed by atoms with E-state index in [0.717, 1.165) is 32.6 Å². The van der Waals surface area contributed by atoms with Gasteiger partial charge in [0.2, 0.25) is 11.8 Å². The van der Waals surface area contributed by atoms with Gasteiger partial charge in [0.1, 0.15) is 5.76 Å². The largest absolute Gasteiger partial charge is 0.360 e. The number of amides is 2. The van der Waals surface area contributed by atoms with Crippen molar-refractivity contribution in [2.75, 3.05) is 51.1 Å². The molecule has 3 rings (SSSR count). The Morgan fingerprint density at radius 3 is 2.60 bits per heavy atom. The van der Waals surface area contributed by atoms with Crippen molar-refractivity contribution in [2.24, 2.45) is 5.92 Å². The number of aryl methyl sites for hydroxylation is 1. The highest BCUT2D eigenvalue weighted by molar-refractivity contribution is 5.91. The van der Waals surface area contributed by atoms with Crippen molar-refractivity contribution in [3.8, 4) is 0 Å². The molecule has 2 aliphatic rings. The maximum absolute atomic E-state index is 12.3. The van der Waals surface area contributed by atoms with Crippen LogP contribution in [0.3, 0.4) is 0 Å². The number of anilines is 1. The van der Waals surface area contributed by atoms with Crippen LogP contribution in [0.1, 0.15) is 12.2 Å². The topological polar surface area (TPSA) is 90.7 Å². The van der Waals surface area contributed by atoms with Crippen molar-refractivity contribution in [2.45, 2.75) is 13.3 Å². The van der Waals surface area contributed by atoms with Gasteiger partial charge in [0.15, 0.2) is 5.82 Å². The molecule has 0 aromatic carbocycles. The molecule has 2 saturated heterocycles. The van der Waals surface area contributed by atoms with Crippen LogP contribution in [0.2, 0.25) is 0 Å². The zero-order chi connectivity index (χ0) is 16.2. The third-order valence-corrected chi connectivity index (χ3v) is 4.36. The third kappa shape index (κ3) is 5.85. The summed E-state index contributed by atoms with van der Waals surface area (Å²) in [7, 11) is 0. The number of piperazine rings is 1. The lowest BCUT2D eigenvalue weighted by atomic mass is 10.1. The van der Waals surface area contributed by atoms with Crippen LogP contribution in [-0.2, 0) is 9.59 Å². The van der Waals surface area contributed by atoms with Crippen molar-refractivity contribution in [1.82, 2.24) is 20.3 Å².